The number of nitriles is 1. The van der Waals surface area contributed by atoms with Gasteiger partial charge in [-0.05, 0) is 41.0 Å². The minimum absolute atomic E-state index is 0.0174. The van der Waals surface area contributed by atoms with Crippen molar-refractivity contribution in [2.75, 3.05) is 14.2 Å². The van der Waals surface area contributed by atoms with Crippen LogP contribution in [0, 0.1) is 11.3 Å². The Kier molecular flexibility index (Phi) is 7.62. The maximum atomic E-state index is 9.99. The normalized spacial score (nSPS) is 13.1. The lowest BCUT2D eigenvalue weighted by atomic mass is 9.65. The summed E-state index contributed by atoms with van der Waals surface area (Å²) in [6.45, 7) is 0. The summed E-state index contributed by atoms with van der Waals surface area (Å²) < 4.78 is 16.5. The standard InChI is InChI=1S/C24H25N2O4P/c1-28-21-12-8-19(9-13-21)24(18-6-4-3-5-7-18,23(16-17-25)30-31(26)27)20-10-14-22(29-2)15-11-20/h3-15,23,27H,16,26H2,1-2H3. The van der Waals surface area contributed by atoms with E-state index in [1.807, 2.05) is 78.9 Å². The Morgan fingerprint density at radius 2 is 1.32 bits per heavy atom. The third kappa shape index (κ3) is 4.71. The first-order chi connectivity index (χ1) is 15.1. The summed E-state index contributed by atoms with van der Waals surface area (Å²) in [5.41, 5.74) is 7.43. The average Bonchev–Trinajstić information content (AvgIpc) is 2.81. The maximum absolute atomic E-state index is 9.99. The second kappa shape index (κ2) is 10.4. The molecule has 31 heavy (non-hydrogen) atoms. The molecular weight excluding hydrogens is 411 g/mol. The Morgan fingerprint density at radius 3 is 1.71 bits per heavy atom. The van der Waals surface area contributed by atoms with Crippen molar-refractivity contribution >= 4 is 8.53 Å². The number of methoxy groups -OCH3 is 2. The fourth-order valence-corrected chi connectivity index (χ4v) is 4.44. The molecule has 0 bridgehead atoms. The van der Waals surface area contributed by atoms with Crippen molar-refractivity contribution in [3.05, 3.63) is 95.6 Å². The molecule has 3 rings (SSSR count). The van der Waals surface area contributed by atoms with Crippen LogP contribution in [-0.2, 0) is 9.94 Å². The lowest BCUT2D eigenvalue weighted by Gasteiger charge is -2.41. The molecule has 0 aromatic heterocycles. The van der Waals surface area contributed by atoms with E-state index in [1.165, 1.54) is 0 Å². The zero-order valence-corrected chi connectivity index (χ0v) is 18.3. The van der Waals surface area contributed by atoms with E-state index in [1.54, 1.807) is 14.2 Å². The Labute approximate surface area is 183 Å². The molecule has 3 N–H and O–H groups in total. The summed E-state index contributed by atoms with van der Waals surface area (Å²) in [5, 5.41) is 9.63. The Morgan fingerprint density at radius 1 is 0.871 bits per heavy atom. The zero-order valence-electron chi connectivity index (χ0n) is 17.4. The Balaban J connectivity index is 2.36. The molecular formula is C24H25N2O4P. The second-order valence-corrected chi connectivity index (χ2v) is 7.71. The van der Waals surface area contributed by atoms with Gasteiger partial charge in [-0.1, -0.05) is 54.6 Å². The van der Waals surface area contributed by atoms with Gasteiger partial charge in [0.25, 0.3) is 0 Å². The molecule has 0 spiro atoms. The van der Waals surface area contributed by atoms with Gasteiger partial charge in [0.15, 0.2) is 0 Å². The zero-order chi connectivity index (χ0) is 22.3. The van der Waals surface area contributed by atoms with Crippen molar-refractivity contribution < 1.29 is 18.9 Å². The molecule has 2 unspecified atom stereocenters. The molecule has 0 radical (unpaired) electrons. The van der Waals surface area contributed by atoms with Gasteiger partial charge in [-0.25, -0.2) is 0 Å². The van der Waals surface area contributed by atoms with E-state index in [2.05, 4.69) is 6.07 Å². The number of rotatable bonds is 9. The first-order valence-corrected chi connectivity index (χ1v) is 11.0. The van der Waals surface area contributed by atoms with Gasteiger partial charge in [0.1, 0.15) is 11.5 Å². The SMILES string of the molecule is COc1ccc(C(c2ccccc2)(c2ccc(OC)cc2)C(CC#N)OP(N)O)cc1. The van der Waals surface area contributed by atoms with Crippen molar-refractivity contribution in [1.82, 2.24) is 0 Å². The maximum Gasteiger partial charge on any atom is 0.250 e. The van der Waals surface area contributed by atoms with Crippen molar-refractivity contribution in [3.63, 3.8) is 0 Å². The summed E-state index contributed by atoms with van der Waals surface area (Å²) in [5.74, 6) is 1.42. The third-order valence-electron chi connectivity index (χ3n) is 5.31. The van der Waals surface area contributed by atoms with Crippen LogP contribution in [0.2, 0.25) is 0 Å². The highest BCUT2D eigenvalue weighted by molar-refractivity contribution is 7.43. The van der Waals surface area contributed by atoms with Gasteiger partial charge in [-0.15, -0.1) is 0 Å². The van der Waals surface area contributed by atoms with Gasteiger partial charge in [-0.3, -0.25) is 5.50 Å². The molecule has 0 saturated heterocycles. The van der Waals surface area contributed by atoms with Crippen LogP contribution in [0.4, 0.5) is 0 Å². The fraction of sp³-hybridized carbons (Fsp3) is 0.208. The molecule has 0 aliphatic rings. The molecule has 0 aliphatic heterocycles. The second-order valence-electron chi connectivity index (χ2n) is 6.89. The van der Waals surface area contributed by atoms with E-state index in [0.717, 1.165) is 16.7 Å². The van der Waals surface area contributed by atoms with E-state index in [9.17, 15) is 10.2 Å². The summed E-state index contributed by atoms with van der Waals surface area (Å²) in [4.78, 5) is 9.99. The molecule has 0 amide bonds. The van der Waals surface area contributed by atoms with E-state index in [4.69, 9.17) is 19.5 Å². The van der Waals surface area contributed by atoms with Gasteiger partial charge in [0, 0.05) is 0 Å². The summed E-state index contributed by atoms with van der Waals surface area (Å²) in [6.07, 6.45) is -0.730. The van der Waals surface area contributed by atoms with Crippen LogP contribution in [0.25, 0.3) is 0 Å². The number of ether oxygens (including phenoxy) is 2. The minimum Gasteiger partial charge on any atom is -0.497 e. The van der Waals surface area contributed by atoms with E-state index >= 15 is 0 Å². The quantitative estimate of drug-likeness (QED) is 0.378. The number of benzene rings is 3. The lowest BCUT2D eigenvalue weighted by Crippen LogP contribution is -2.43. The van der Waals surface area contributed by atoms with E-state index in [-0.39, 0.29) is 6.42 Å². The van der Waals surface area contributed by atoms with Crippen molar-refractivity contribution in [3.8, 4) is 17.6 Å². The highest BCUT2D eigenvalue weighted by Gasteiger charge is 2.45. The topological polar surface area (TPSA) is 97.7 Å². The first-order valence-electron chi connectivity index (χ1n) is 9.68. The first kappa shape index (κ1) is 22.7. The van der Waals surface area contributed by atoms with E-state index < -0.39 is 20.0 Å². The molecule has 160 valence electrons. The summed E-state index contributed by atoms with van der Waals surface area (Å²) in [7, 11) is 1.01. The van der Waals surface area contributed by atoms with Gasteiger partial charge < -0.3 is 18.9 Å². The molecule has 2 atom stereocenters. The molecule has 0 heterocycles. The number of hydrogen-bond donors (Lipinski definition) is 2. The van der Waals surface area contributed by atoms with Crippen LogP contribution >= 0.6 is 8.53 Å². The molecule has 6 nitrogen and oxygen atoms in total. The van der Waals surface area contributed by atoms with Gasteiger partial charge in [0.05, 0.1) is 38.2 Å². The number of nitrogens with zero attached hydrogens (tertiary/aromatic N) is 1. The largest absolute Gasteiger partial charge is 0.497 e. The fourth-order valence-electron chi connectivity index (χ4n) is 3.95. The van der Waals surface area contributed by atoms with E-state index in [0.29, 0.717) is 11.5 Å². The van der Waals surface area contributed by atoms with Crippen LogP contribution in [0.3, 0.4) is 0 Å². The van der Waals surface area contributed by atoms with Gasteiger partial charge >= 0.3 is 0 Å². The predicted octanol–water partition coefficient (Wildman–Crippen LogP) is 4.51. The summed E-state index contributed by atoms with van der Waals surface area (Å²) in [6, 6.07) is 27.2. The molecule has 7 heteroatoms. The monoisotopic (exact) mass is 436 g/mol. The molecule has 0 aliphatic carbocycles. The van der Waals surface area contributed by atoms with Crippen LogP contribution in [-0.4, -0.2) is 25.2 Å². The molecule has 0 fully saturated rings. The molecule has 0 saturated carbocycles. The predicted molar refractivity (Wildman–Crippen MR) is 121 cm³/mol. The summed E-state index contributed by atoms with van der Waals surface area (Å²) >= 11 is 0. The lowest BCUT2D eigenvalue weighted by molar-refractivity contribution is 0.153. The van der Waals surface area contributed by atoms with Crippen molar-refractivity contribution in [1.29, 1.82) is 5.26 Å². The highest BCUT2D eigenvalue weighted by Crippen LogP contribution is 2.47. The van der Waals surface area contributed by atoms with Crippen LogP contribution in [0.5, 0.6) is 11.5 Å². The Hall–Kier alpha value is -2.94. The minimum atomic E-state index is -2.21. The molecule has 3 aromatic carbocycles. The number of nitrogens with two attached hydrogens (primary N) is 1. The Bertz CT molecular complexity index is 955. The highest BCUT2D eigenvalue weighted by atomic mass is 31.2. The smallest absolute Gasteiger partial charge is 0.250 e. The van der Waals surface area contributed by atoms with Crippen molar-refractivity contribution in [2.45, 2.75) is 17.9 Å². The van der Waals surface area contributed by atoms with Crippen LogP contribution < -0.4 is 15.0 Å². The third-order valence-corrected chi connectivity index (χ3v) is 5.79. The average molecular weight is 436 g/mol. The van der Waals surface area contributed by atoms with Gasteiger partial charge in [-0.2, -0.15) is 5.26 Å². The van der Waals surface area contributed by atoms with Gasteiger partial charge in [0.2, 0.25) is 8.53 Å². The van der Waals surface area contributed by atoms with Crippen LogP contribution in [0.15, 0.2) is 78.9 Å². The van der Waals surface area contributed by atoms with Crippen molar-refractivity contribution in [2.24, 2.45) is 5.50 Å². The van der Waals surface area contributed by atoms with Crippen LogP contribution in [0.1, 0.15) is 23.1 Å². The number of hydrogen-bond acceptors (Lipinski definition) is 6. The molecule has 3 aromatic rings.